The first-order valence-electron chi connectivity index (χ1n) is 5.66. The Bertz CT molecular complexity index is 723. The molecule has 0 fully saturated rings. The first kappa shape index (κ1) is 11.3. The molecule has 0 atom stereocenters. The maximum atomic E-state index is 5.79. The Morgan fingerprint density at radius 3 is 2.79 bits per heavy atom. The number of nitrogens with zero attached hydrogens (tertiary/aromatic N) is 3. The molecule has 3 rings (SSSR count). The van der Waals surface area contributed by atoms with Gasteiger partial charge in [0.05, 0.1) is 5.69 Å². The third-order valence-corrected chi connectivity index (χ3v) is 2.65. The second-order valence-corrected chi connectivity index (χ2v) is 3.97. The standard InChI is InChI=1S/C12H12N6O/c13-7-3-1-2-4-8(7)19-5-9-17-10-11(14)15-6-16-12(10)18-9/h1-4,6H,5,13H2,(H3,14,15,16,17,18). The zero-order valence-electron chi connectivity index (χ0n) is 10.00. The molecular weight excluding hydrogens is 244 g/mol. The normalized spacial score (nSPS) is 10.7. The number of ether oxygens (including phenoxy) is 1. The molecule has 19 heavy (non-hydrogen) atoms. The van der Waals surface area contributed by atoms with Crippen LogP contribution in [-0.4, -0.2) is 19.9 Å². The van der Waals surface area contributed by atoms with Crippen LogP contribution in [0.15, 0.2) is 30.6 Å². The Balaban J connectivity index is 1.83. The number of rotatable bonds is 3. The fourth-order valence-corrected chi connectivity index (χ4v) is 1.72. The van der Waals surface area contributed by atoms with Crippen molar-refractivity contribution in [2.45, 2.75) is 6.61 Å². The highest BCUT2D eigenvalue weighted by Gasteiger charge is 2.08. The van der Waals surface area contributed by atoms with Crippen molar-refractivity contribution in [1.29, 1.82) is 0 Å². The van der Waals surface area contributed by atoms with E-state index in [1.807, 2.05) is 12.1 Å². The highest BCUT2D eigenvalue weighted by atomic mass is 16.5. The summed E-state index contributed by atoms with van der Waals surface area (Å²) in [6.07, 6.45) is 1.37. The molecule has 0 bridgehead atoms. The number of fused-ring (bicyclic) bond motifs is 1. The van der Waals surface area contributed by atoms with E-state index in [4.69, 9.17) is 16.2 Å². The smallest absolute Gasteiger partial charge is 0.183 e. The number of aromatic nitrogens is 4. The first-order valence-corrected chi connectivity index (χ1v) is 5.66. The number of hydrogen-bond acceptors (Lipinski definition) is 6. The molecular formula is C12H12N6O. The second kappa shape index (κ2) is 4.45. The fourth-order valence-electron chi connectivity index (χ4n) is 1.72. The molecule has 7 heteroatoms. The van der Waals surface area contributed by atoms with Crippen molar-refractivity contribution in [2.75, 3.05) is 11.5 Å². The topological polar surface area (TPSA) is 116 Å². The molecule has 0 saturated heterocycles. The van der Waals surface area contributed by atoms with Gasteiger partial charge in [0.1, 0.15) is 30.0 Å². The van der Waals surface area contributed by atoms with Gasteiger partial charge in [0.2, 0.25) is 0 Å². The van der Waals surface area contributed by atoms with Gasteiger partial charge in [0.25, 0.3) is 0 Å². The molecule has 2 aromatic heterocycles. The van der Waals surface area contributed by atoms with E-state index in [1.54, 1.807) is 12.1 Å². The predicted molar refractivity (Wildman–Crippen MR) is 71.3 cm³/mol. The Morgan fingerprint density at radius 1 is 1.16 bits per heavy atom. The monoisotopic (exact) mass is 256 g/mol. The Kier molecular flexibility index (Phi) is 2.64. The van der Waals surface area contributed by atoms with Crippen molar-refractivity contribution >= 4 is 22.7 Å². The van der Waals surface area contributed by atoms with Gasteiger partial charge < -0.3 is 21.2 Å². The second-order valence-electron chi connectivity index (χ2n) is 3.97. The molecule has 0 amide bonds. The number of aromatic amines is 1. The van der Waals surface area contributed by atoms with Gasteiger partial charge in [-0.3, -0.25) is 0 Å². The van der Waals surface area contributed by atoms with Gasteiger partial charge in [-0.2, -0.15) is 0 Å². The molecule has 3 aromatic rings. The molecule has 1 aromatic carbocycles. The van der Waals surface area contributed by atoms with Crippen LogP contribution >= 0.6 is 0 Å². The number of anilines is 2. The van der Waals surface area contributed by atoms with Crippen LogP contribution in [0.4, 0.5) is 11.5 Å². The van der Waals surface area contributed by atoms with E-state index in [-0.39, 0.29) is 6.61 Å². The molecule has 2 heterocycles. The number of nitrogens with two attached hydrogens (primary N) is 2. The third kappa shape index (κ3) is 2.13. The van der Waals surface area contributed by atoms with E-state index in [0.717, 1.165) is 0 Å². The minimum absolute atomic E-state index is 0.254. The summed E-state index contributed by atoms with van der Waals surface area (Å²) in [6, 6.07) is 7.27. The number of hydrogen-bond donors (Lipinski definition) is 3. The van der Waals surface area contributed by atoms with Crippen molar-refractivity contribution in [2.24, 2.45) is 0 Å². The summed E-state index contributed by atoms with van der Waals surface area (Å²) >= 11 is 0. The lowest BCUT2D eigenvalue weighted by Gasteiger charge is -2.06. The zero-order valence-corrected chi connectivity index (χ0v) is 10.00. The van der Waals surface area contributed by atoms with Crippen molar-refractivity contribution < 1.29 is 4.74 Å². The van der Waals surface area contributed by atoms with E-state index in [1.165, 1.54) is 6.33 Å². The largest absolute Gasteiger partial charge is 0.484 e. The number of imidazole rings is 1. The van der Waals surface area contributed by atoms with Crippen LogP contribution in [0.1, 0.15) is 5.82 Å². The number of nitrogens with one attached hydrogen (secondary N) is 1. The minimum Gasteiger partial charge on any atom is -0.484 e. The van der Waals surface area contributed by atoms with Crippen molar-refractivity contribution in [3.63, 3.8) is 0 Å². The summed E-state index contributed by atoms with van der Waals surface area (Å²) in [4.78, 5) is 15.2. The molecule has 0 aliphatic rings. The molecule has 0 unspecified atom stereocenters. The van der Waals surface area contributed by atoms with E-state index in [9.17, 15) is 0 Å². The van der Waals surface area contributed by atoms with Gasteiger partial charge in [-0.1, -0.05) is 12.1 Å². The molecule has 0 saturated carbocycles. The molecule has 0 spiro atoms. The Morgan fingerprint density at radius 2 is 2.00 bits per heavy atom. The number of H-pyrrole nitrogens is 1. The molecule has 0 aliphatic heterocycles. The van der Waals surface area contributed by atoms with Gasteiger partial charge in [-0.05, 0) is 12.1 Å². The van der Waals surface area contributed by atoms with Crippen molar-refractivity contribution in [3.05, 3.63) is 36.4 Å². The van der Waals surface area contributed by atoms with E-state index in [0.29, 0.717) is 34.2 Å². The maximum Gasteiger partial charge on any atom is 0.183 e. The van der Waals surface area contributed by atoms with Crippen LogP contribution in [-0.2, 0) is 6.61 Å². The molecule has 96 valence electrons. The lowest BCUT2D eigenvalue weighted by atomic mass is 10.3. The zero-order chi connectivity index (χ0) is 13.2. The summed E-state index contributed by atoms with van der Waals surface area (Å²) in [6.45, 7) is 0.254. The third-order valence-electron chi connectivity index (χ3n) is 2.65. The van der Waals surface area contributed by atoms with Crippen LogP contribution in [0.3, 0.4) is 0 Å². The van der Waals surface area contributed by atoms with E-state index < -0.39 is 0 Å². The van der Waals surface area contributed by atoms with Crippen molar-refractivity contribution in [1.82, 2.24) is 19.9 Å². The van der Waals surface area contributed by atoms with Crippen LogP contribution in [0.2, 0.25) is 0 Å². The van der Waals surface area contributed by atoms with Gasteiger partial charge in [0.15, 0.2) is 11.5 Å². The number of nitrogen functional groups attached to an aromatic ring is 2. The molecule has 0 aliphatic carbocycles. The molecule has 5 N–H and O–H groups in total. The quantitative estimate of drug-likeness (QED) is 0.604. The lowest BCUT2D eigenvalue weighted by Crippen LogP contribution is -2.00. The van der Waals surface area contributed by atoms with E-state index >= 15 is 0 Å². The maximum absolute atomic E-state index is 5.79. The fraction of sp³-hybridized carbons (Fsp3) is 0.0833. The minimum atomic E-state index is 0.254. The SMILES string of the molecule is Nc1ccccc1OCc1nc2ncnc(N)c2[nH]1. The first-order chi connectivity index (χ1) is 9.24. The van der Waals surface area contributed by atoms with Crippen LogP contribution in [0.25, 0.3) is 11.2 Å². The molecule has 0 radical (unpaired) electrons. The lowest BCUT2D eigenvalue weighted by molar-refractivity contribution is 0.299. The highest BCUT2D eigenvalue weighted by molar-refractivity contribution is 5.80. The summed E-state index contributed by atoms with van der Waals surface area (Å²) in [5, 5.41) is 0. The predicted octanol–water partition coefficient (Wildman–Crippen LogP) is 1.10. The molecule has 7 nitrogen and oxygen atoms in total. The number of benzene rings is 1. The van der Waals surface area contributed by atoms with Gasteiger partial charge in [-0.25, -0.2) is 15.0 Å². The van der Waals surface area contributed by atoms with Gasteiger partial charge in [-0.15, -0.1) is 0 Å². The van der Waals surface area contributed by atoms with Crippen LogP contribution in [0, 0.1) is 0 Å². The van der Waals surface area contributed by atoms with E-state index in [2.05, 4.69) is 19.9 Å². The average molecular weight is 256 g/mol. The highest BCUT2D eigenvalue weighted by Crippen LogP contribution is 2.21. The summed E-state index contributed by atoms with van der Waals surface area (Å²) in [5.41, 5.74) is 13.2. The van der Waals surface area contributed by atoms with Crippen molar-refractivity contribution in [3.8, 4) is 5.75 Å². The van der Waals surface area contributed by atoms with Crippen LogP contribution in [0.5, 0.6) is 5.75 Å². The Hall–Kier alpha value is -2.83. The Labute approximate surface area is 108 Å². The van der Waals surface area contributed by atoms with Gasteiger partial charge in [0, 0.05) is 0 Å². The summed E-state index contributed by atoms with van der Waals surface area (Å²) in [5.74, 6) is 1.59. The van der Waals surface area contributed by atoms with Crippen LogP contribution < -0.4 is 16.2 Å². The number of para-hydroxylation sites is 2. The summed E-state index contributed by atoms with van der Waals surface area (Å²) < 4.78 is 5.58. The summed E-state index contributed by atoms with van der Waals surface area (Å²) in [7, 11) is 0. The van der Waals surface area contributed by atoms with Gasteiger partial charge >= 0.3 is 0 Å². The average Bonchev–Trinajstić information content (AvgIpc) is 2.82.